The van der Waals surface area contributed by atoms with Crippen molar-refractivity contribution in [1.82, 2.24) is 35.3 Å². The van der Waals surface area contributed by atoms with Gasteiger partial charge in [-0.15, -0.1) is 11.3 Å². The molecule has 2 aliphatic heterocycles. The minimum absolute atomic E-state index is 0.0177. The molecule has 6 rings (SSSR count). The number of hydrogen-bond donors (Lipinski definition) is 3. The molecule has 0 unspecified atom stereocenters. The number of allylic oxidation sites excluding steroid dienone is 1. The maximum absolute atomic E-state index is 14.3. The van der Waals surface area contributed by atoms with E-state index in [0.29, 0.717) is 40.5 Å². The molecule has 49 heavy (non-hydrogen) atoms. The number of hydrogen-bond acceptors (Lipinski definition) is 10. The molecule has 1 saturated heterocycles. The largest absolute Gasteiger partial charge is 0.479 e. The van der Waals surface area contributed by atoms with Gasteiger partial charge in [0.25, 0.3) is 0 Å². The first-order valence-corrected chi connectivity index (χ1v) is 17.6. The van der Waals surface area contributed by atoms with Crippen molar-refractivity contribution in [3.8, 4) is 17.4 Å². The van der Waals surface area contributed by atoms with E-state index in [2.05, 4.69) is 15.7 Å². The SMILES string of the molecule is Cc1cc(-c2nc(O[C@@H]3C[C@H]4C(=O)N[C@]5(C(=O)O)C[C@H]5/C=C\CCCCC[C@H](NC(=O)OC(C)(C)C)C(=O)N4C3)c3sccc3n2)n(C)n1. The summed E-state index contributed by atoms with van der Waals surface area (Å²) in [5, 5.41) is 22.0. The van der Waals surface area contributed by atoms with Gasteiger partial charge in [0, 0.05) is 19.4 Å². The molecular weight excluding hydrogens is 650 g/mol. The Morgan fingerprint density at radius 3 is 2.69 bits per heavy atom. The first-order valence-electron chi connectivity index (χ1n) is 16.7. The molecule has 262 valence electrons. The van der Waals surface area contributed by atoms with Crippen LogP contribution in [0.1, 0.15) is 71.4 Å². The first-order chi connectivity index (χ1) is 23.2. The summed E-state index contributed by atoms with van der Waals surface area (Å²) in [5.41, 5.74) is -0.0317. The monoisotopic (exact) mass is 693 g/mol. The zero-order valence-electron chi connectivity index (χ0n) is 28.4. The lowest BCUT2D eigenvalue weighted by atomic mass is 10.0. The predicted molar refractivity (Wildman–Crippen MR) is 181 cm³/mol. The molecule has 0 spiro atoms. The van der Waals surface area contributed by atoms with Gasteiger partial charge in [-0.25, -0.2) is 14.6 Å². The number of alkyl carbamates (subject to hydrolysis) is 1. The second-order valence-corrected chi connectivity index (χ2v) is 15.0. The van der Waals surface area contributed by atoms with E-state index < -0.39 is 53.2 Å². The minimum atomic E-state index is -1.44. The molecule has 14 nitrogen and oxygen atoms in total. The van der Waals surface area contributed by atoms with Crippen LogP contribution in [0.3, 0.4) is 0 Å². The van der Waals surface area contributed by atoms with Crippen LogP contribution in [0.15, 0.2) is 29.7 Å². The maximum Gasteiger partial charge on any atom is 0.408 e. The van der Waals surface area contributed by atoms with Gasteiger partial charge in [-0.3, -0.25) is 14.3 Å². The molecule has 5 heterocycles. The maximum atomic E-state index is 14.3. The lowest BCUT2D eigenvalue weighted by Gasteiger charge is -2.30. The molecular formula is C34H43N7O7S. The van der Waals surface area contributed by atoms with E-state index in [0.717, 1.165) is 25.0 Å². The van der Waals surface area contributed by atoms with Crippen LogP contribution in [-0.4, -0.2) is 89.5 Å². The fraction of sp³-hybridized carbons (Fsp3) is 0.559. The average Bonchev–Trinajstić information content (AvgIpc) is 3.34. The highest BCUT2D eigenvalue weighted by Crippen LogP contribution is 2.45. The number of carbonyl (C=O) groups is 4. The van der Waals surface area contributed by atoms with Gasteiger partial charge in [-0.1, -0.05) is 25.0 Å². The third-order valence-electron chi connectivity index (χ3n) is 9.09. The standard InChI is InChI=1S/C34H43N7O7S/c1-19-15-24(40(5)39-19)27-35-22-13-14-49-26(22)29(37-27)47-21-16-25-28(42)38-34(31(44)45)17-20(34)11-9-7-6-8-10-12-23(30(43)41(25)18-21)36-32(46)48-33(2,3)4/h9,11,13-15,20-21,23,25H,6-8,10,12,16-18H2,1-5H3,(H,36,46)(H,38,42)(H,44,45)/b11-9-/t20-,21-,23+,25+,34-/m1/s1. The summed E-state index contributed by atoms with van der Waals surface area (Å²) < 4.78 is 14.4. The summed E-state index contributed by atoms with van der Waals surface area (Å²) in [6.07, 6.45) is 6.16. The fourth-order valence-electron chi connectivity index (χ4n) is 6.61. The van der Waals surface area contributed by atoms with E-state index in [1.807, 2.05) is 43.6 Å². The molecule has 3 aliphatic rings. The molecule has 3 aromatic rings. The predicted octanol–water partition coefficient (Wildman–Crippen LogP) is 4.12. The number of aliphatic carboxylic acids is 1. The highest BCUT2D eigenvalue weighted by atomic mass is 32.1. The van der Waals surface area contributed by atoms with E-state index in [-0.39, 0.29) is 25.3 Å². The summed E-state index contributed by atoms with van der Waals surface area (Å²) >= 11 is 1.41. The van der Waals surface area contributed by atoms with Gasteiger partial charge in [0.1, 0.15) is 39.7 Å². The average molecular weight is 694 g/mol. The van der Waals surface area contributed by atoms with Crippen LogP contribution in [0.2, 0.25) is 0 Å². The molecule has 1 aliphatic carbocycles. The van der Waals surface area contributed by atoms with E-state index >= 15 is 0 Å². The third kappa shape index (κ3) is 7.41. The van der Waals surface area contributed by atoms with Crippen molar-refractivity contribution >= 4 is 45.4 Å². The minimum Gasteiger partial charge on any atom is -0.479 e. The number of ether oxygens (including phenoxy) is 2. The van der Waals surface area contributed by atoms with Crippen molar-refractivity contribution in [3.63, 3.8) is 0 Å². The van der Waals surface area contributed by atoms with Crippen LogP contribution in [0.5, 0.6) is 5.88 Å². The van der Waals surface area contributed by atoms with Crippen molar-refractivity contribution in [3.05, 3.63) is 35.4 Å². The Balaban J connectivity index is 1.32. The van der Waals surface area contributed by atoms with Crippen LogP contribution in [0.25, 0.3) is 21.7 Å². The van der Waals surface area contributed by atoms with Crippen molar-refractivity contribution < 1.29 is 33.8 Å². The quantitative estimate of drug-likeness (QED) is 0.330. The number of rotatable bonds is 5. The number of nitrogens with zero attached hydrogens (tertiary/aromatic N) is 5. The zero-order chi connectivity index (χ0) is 35.1. The number of aryl methyl sites for hydroxylation is 2. The molecule has 0 bridgehead atoms. The number of aromatic nitrogens is 4. The molecule has 3 N–H and O–H groups in total. The second kappa shape index (κ2) is 13.4. The third-order valence-corrected chi connectivity index (χ3v) is 9.99. The van der Waals surface area contributed by atoms with Crippen molar-refractivity contribution in [2.75, 3.05) is 6.54 Å². The number of fused-ring (bicyclic) bond motifs is 3. The Bertz CT molecular complexity index is 1800. The van der Waals surface area contributed by atoms with Gasteiger partial charge in [0.15, 0.2) is 5.82 Å². The van der Waals surface area contributed by atoms with Crippen LogP contribution in [-0.2, 0) is 26.2 Å². The highest BCUT2D eigenvalue weighted by molar-refractivity contribution is 7.17. The molecule has 5 atom stereocenters. The summed E-state index contributed by atoms with van der Waals surface area (Å²) in [6.45, 7) is 7.12. The Hall–Kier alpha value is -4.53. The molecule has 0 aromatic carbocycles. The number of thiophene rings is 1. The number of carbonyl (C=O) groups excluding carboxylic acids is 3. The van der Waals surface area contributed by atoms with E-state index in [1.54, 1.807) is 25.5 Å². The topological polar surface area (TPSA) is 178 Å². The Labute approximate surface area is 288 Å². The summed E-state index contributed by atoms with van der Waals surface area (Å²) in [5.74, 6) is -1.78. The molecule has 3 aromatic heterocycles. The normalized spacial score (nSPS) is 26.9. The number of carboxylic acids is 1. The van der Waals surface area contributed by atoms with Crippen LogP contribution in [0, 0.1) is 12.8 Å². The van der Waals surface area contributed by atoms with Gasteiger partial charge in [0.05, 0.1) is 17.8 Å². The van der Waals surface area contributed by atoms with Crippen LogP contribution >= 0.6 is 11.3 Å². The Morgan fingerprint density at radius 1 is 1.18 bits per heavy atom. The molecule has 1 saturated carbocycles. The van der Waals surface area contributed by atoms with Crippen molar-refractivity contribution in [2.45, 2.75) is 102 Å². The van der Waals surface area contributed by atoms with Crippen LogP contribution in [0.4, 0.5) is 4.79 Å². The summed E-state index contributed by atoms with van der Waals surface area (Å²) in [4.78, 5) is 64.5. The van der Waals surface area contributed by atoms with Gasteiger partial charge >= 0.3 is 12.1 Å². The van der Waals surface area contributed by atoms with Gasteiger partial charge in [-0.05, 0) is 70.9 Å². The lowest BCUT2D eigenvalue weighted by molar-refractivity contribution is -0.145. The van der Waals surface area contributed by atoms with Gasteiger partial charge in [0.2, 0.25) is 17.7 Å². The van der Waals surface area contributed by atoms with Crippen molar-refractivity contribution in [2.24, 2.45) is 13.0 Å². The summed E-state index contributed by atoms with van der Waals surface area (Å²) in [7, 11) is 1.81. The molecule has 3 amide bonds. The number of nitrogens with one attached hydrogen (secondary N) is 2. The molecule has 0 radical (unpaired) electrons. The molecule has 2 fully saturated rings. The lowest BCUT2D eigenvalue weighted by Crippen LogP contribution is -2.56. The summed E-state index contributed by atoms with van der Waals surface area (Å²) in [6, 6.07) is 1.74. The number of carboxylic acid groups (broad SMARTS) is 1. The van der Waals surface area contributed by atoms with E-state index in [4.69, 9.17) is 19.4 Å². The van der Waals surface area contributed by atoms with Crippen LogP contribution < -0.4 is 15.4 Å². The zero-order valence-corrected chi connectivity index (χ0v) is 29.2. The second-order valence-electron chi connectivity index (χ2n) is 14.1. The van der Waals surface area contributed by atoms with Crippen molar-refractivity contribution in [1.29, 1.82) is 0 Å². The Morgan fingerprint density at radius 2 is 1.98 bits per heavy atom. The van der Waals surface area contributed by atoms with E-state index in [1.165, 1.54) is 16.2 Å². The molecule has 15 heteroatoms. The Kier molecular flexibility index (Phi) is 9.40. The van der Waals surface area contributed by atoms with Gasteiger partial charge < -0.3 is 30.1 Å². The smallest absolute Gasteiger partial charge is 0.408 e. The highest BCUT2D eigenvalue weighted by Gasteiger charge is 2.61. The van der Waals surface area contributed by atoms with E-state index in [9.17, 15) is 24.3 Å². The first kappa shape index (κ1) is 34.3. The number of amides is 3. The van der Waals surface area contributed by atoms with Gasteiger partial charge in [-0.2, -0.15) is 10.1 Å². The fourth-order valence-corrected chi connectivity index (χ4v) is 7.37.